The van der Waals surface area contributed by atoms with E-state index in [1.54, 1.807) is 6.20 Å². The average molecular weight is 273 g/mol. The molecule has 1 aliphatic heterocycles. The molecule has 3 nitrogen and oxygen atoms in total. The van der Waals surface area contributed by atoms with E-state index in [1.165, 1.54) is 27.5 Å². The van der Waals surface area contributed by atoms with Crippen molar-refractivity contribution in [1.29, 1.82) is 0 Å². The topological polar surface area (TPSA) is 41.6 Å². The Morgan fingerprint density at radius 3 is 3.22 bits per heavy atom. The van der Waals surface area contributed by atoms with Crippen LogP contribution < -0.4 is 0 Å². The van der Waals surface area contributed by atoms with Gasteiger partial charge in [0.15, 0.2) is 11.5 Å². The summed E-state index contributed by atoms with van der Waals surface area (Å²) in [5.41, 5.74) is 3.29. The lowest BCUT2D eigenvalue weighted by Gasteiger charge is -2.08. The molecule has 18 heavy (non-hydrogen) atoms. The normalized spacial score (nSPS) is 14.9. The molecule has 0 amide bonds. The number of nitrogens with one attached hydrogen (secondary N) is 1. The van der Waals surface area contributed by atoms with Crippen molar-refractivity contribution in [2.75, 3.05) is 5.75 Å². The van der Waals surface area contributed by atoms with Crippen LogP contribution in [-0.2, 0) is 12.2 Å². The Labute approximate surface area is 113 Å². The average Bonchev–Trinajstić information content (AvgIpc) is 3.02. The molecule has 0 fully saturated rings. The third kappa shape index (κ3) is 1.66. The SMILES string of the molecule is c1cnc2nc(-c3cc4c(s3)CCSC4)[nH]c2c1. The van der Waals surface area contributed by atoms with E-state index in [0.717, 1.165) is 22.7 Å². The van der Waals surface area contributed by atoms with Gasteiger partial charge in [-0.15, -0.1) is 11.3 Å². The van der Waals surface area contributed by atoms with Gasteiger partial charge in [0.05, 0.1) is 10.4 Å². The zero-order valence-electron chi connectivity index (χ0n) is 9.64. The van der Waals surface area contributed by atoms with E-state index in [2.05, 4.69) is 21.0 Å². The summed E-state index contributed by atoms with van der Waals surface area (Å²) < 4.78 is 0. The van der Waals surface area contributed by atoms with Crippen molar-refractivity contribution in [3.8, 4) is 10.7 Å². The van der Waals surface area contributed by atoms with Crippen LogP contribution in [0.5, 0.6) is 0 Å². The number of rotatable bonds is 1. The maximum Gasteiger partial charge on any atom is 0.178 e. The van der Waals surface area contributed by atoms with Gasteiger partial charge >= 0.3 is 0 Å². The third-order valence-corrected chi connectivity index (χ3v) is 5.37. The van der Waals surface area contributed by atoms with Crippen molar-refractivity contribution in [2.45, 2.75) is 12.2 Å². The van der Waals surface area contributed by atoms with Gasteiger partial charge in [0.2, 0.25) is 0 Å². The number of thioether (sulfide) groups is 1. The van der Waals surface area contributed by atoms with Crippen molar-refractivity contribution in [3.63, 3.8) is 0 Å². The fourth-order valence-corrected chi connectivity index (χ4v) is 4.54. The minimum absolute atomic E-state index is 0.799. The molecule has 1 N–H and O–H groups in total. The molecule has 5 heteroatoms. The summed E-state index contributed by atoms with van der Waals surface area (Å²) >= 11 is 3.88. The number of pyridine rings is 1. The molecule has 4 rings (SSSR count). The Bertz CT molecular complexity index is 657. The van der Waals surface area contributed by atoms with Gasteiger partial charge in [-0.3, -0.25) is 0 Å². The number of H-pyrrole nitrogens is 1. The summed E-state index contributed by atoms with van der Waals surface area (Å²) in [5, 5.41) is 0. The zero-order valence-corrected chi connectivity index (χ0v) is 11.3. The van der Waals surface area contributed by atoms with Crippen molar-refractivity contribution in [1.82, 2.24) is 15.0 Å². The Morgan fingerprint density at radius 1 is 1.33 bits per heavy atom. The summed E-state index contributed by atoms with van der Waals surface area (Å²) in [4.78, 5) is 14.9. The summed E-state index contributed by atoms with van der Waals surface area (Å²) in [6.45, 7) is 0. The number of hydrogen-bond acceptors (Lipinski definition) is 4. The first kappa shape index (κ1) is 10.6. The zero-order chi connectivity index (χ0) is 11.9. The number of aromatic nitrogens is 3. The molecule has 0 saturated carbocycles. The Kier molecular flexibility index (Phi) is 2.41. The molecule has 0 saturated heterocycles. The van der Waals surface area contributed by atoms with Gasteiger partial charge in [-0.25, -0.2) is 9.97 Å². The van der Waals surface area contributed by atoms with E-state index < -0.39 is 0 Å². The van der Waals surface area contributed by atoms with Crippen LogP contribution in [-0.4, -0.2) is 20.7 Å². The van der Waals surface area contributed by atoms with Crippen LogP contribution >= 0.6 is 23.1 Å². The Hall–Kier alpha value is -1.33. The highest BCUT2D eigenvalue weighted by molar-refractivity contribution is 7.98. The number of imidazole rings is 1. The number of aryl methyl sites for hydroxylation is 1. The molecule has 0 unspecified atom stereocenters. The number of hydrogen-bond donors (Lipinski definition) is 1. The summed E-state index contributed by atoms with van der Waals surface area (Å²) in [6, 6.07) is 6.23. The second-order valence-corrected chi connectivity index (χ2v) is 6.56. The molecule has 0 atom stereocenters. The highest BCUT2D eigenvalue weighted by atomic mass is 32.2. The molecule has 0 bridgehead atoms. The predicted molar refractivity (Wildman–Crippen MR) is 77.1 cm³/mol. The molecule has 0 spiro atoms. The van der Waals surface area contributed by atoms with E-state index >= 15 is 0 Å². The third-order valence-electron chi connectivity index (χ3n) is 3.12. The van der Waals surface area contributed by atoms with E-state index in [9.17, 15) is 0 Å². The van der Waals surface area contributed by atoms with Gasteiger partial charge < -0.3 is 4.98 Å². The second kappa shape index (κ2) is 4.10. The fraction of sp³-hybridized carbons (Fsp3) is 0.231. The van der Waals surface area contributed by atoms with Crippen LogP contribution in [0.1, 0.15) is 10.4 Å². The van der Waals surface area contributed by atoms with E-state index in [1.807, 2.05) is 35.2 Å². The summed E-state index contributed by atoms with van der Waals surface area (Å²) in [6.07, 6.45) is 2.98. The van der Waals surface area contributed by atoms with E-state index in [4.69, 9.17) is 0 Å². The molecule has 0 aromatic carbocycles. The minimum atomic E-state index is 0.799. The Morgan fingerprint density at radius 2 is 2.33 bits per heavy atom. The molecular weight excluding hydrogens is 262 g/mol. The maximum absolute atomic E-state index is 4.56. The Balaban J connectivity index is 1.84. The highest BCUT2D eigenvalue weighted by Crippen LogP contribution is 2.36. The largest absolute Gasteiger partial charge is 0.336 e. The number of thiophene rings is 1. The van der Waals surface area contributed by atoms with Crippen LogP contribution in [0.2, 0.25) is 0 Å². The lowest BCUT2D eigenvalue weighted by molar-refractivity contribution is 1.13. The van der Waals surface area contributed by atoms with Crippen LogP contribution in [0.25, 0.3) is 21.9 Å². The van der Waals surface area contributed by atoms with Crippen molar-refractivity contribution in [3.05, 3.63) is 34.8 Å². The van der Waals surface area contributed by atoms with Gasteiger partial charge in [0.1, 0.15) is 0 Å². The van der Waals surface area contributed by atoms with Gasteiger partial charge in [-0.2, -0.15) is 11.8 Å². The number of fused-ring (bicyclic) bond motifs is 2. The van der Waals surface area contributed by atoms with Crippen molar-refractivity contribution >= 4 is 34.3 Å². The number of aromatic amines is 1. The van der Waals surface area contributed by atoms with Crippen LogP contribution in [0, 0.1) is 0 Å². The molecule has 1 aliphatic rings. The minimum Gasteiger partial charge on any atom is -0.336 e. The lowest BCUT2D eigenvalue weighted by Crippen LogP contribution is -1.96. The van der Waals surface area contributed by atoms with Crippen molar-refractivity contribution in [2.24, 2.45) is 0 Å². The summed E-state index contributed by atoms with van der Waals surface area (Å²) in [5.74, 6) is 3.34. The van der Waals surface area contributed by atoms with Gasteiger partial charge in [-0.05, 0) is 35.9 Å². The molecule has 3 aromatic heterocycles. The molecule has 90 valence electrons. The van der Waals surface area contributed by atoms with E-state index in [-0.39, 0.29) is 0 Å². The molecule has 3 aromatic rings. The first-order valence-electron chi connectivity index (χ1n) is 5.90. The second-order valence-electron chi connectivity index (χ2n) is 4.32. The van der Waals surface area contributed by atoms with Crippen LogP contribution in [0.3, 0.4) is 0 Å². The van der Waals surface area contributed by atoms with Crippen molar-refractivity contribution < 1.29 is 0 Å². The standard InChI is InChI=1S/C13H11N3S2/c1-2-9-12(14-4-1)16-13(15-9)11-6-8-7-17-5-3-10(8)18-11/h1-2,4,6H,3,5,7H2,(H,14,15,16). The monoisotopic (exact) mass is 273 g/mol. The highest BCUT2D eigenvalue weighted by Gasteiger charge is 2.16. The van der Waals surface area contributed by atoms with Gasteiger partial charge in [-0.1, -0.05) is 0 Å². The predicted octanol–water partition coefficient (Wildman–Crippen LogP) is 3.48. The molecular formula is C13H11N3S2. The first-order valence-corrected chi connectivity index (χ1v) is 7.88. The van der Waals surface area contributed by atoms with Crippen LogP contribution in [0.15, 0.2) is 24.4 Å². The number of nitrogens with zero attached hydrogens (tertiary/aromatic N) is 2. The quantitative estimate of drug-likeness (QED) is 0.738. The van der Waals surface area contributed by atoms with Crippen LogP contribution in [0.4, 0.5) is 0 Å². The molecule has 0 radical (unpaired) electrons. The molecule has 0 aliphatic carbocycles. The van der Waals surface area contributed by atoms with E-state index in [0.29, 0.717) is 0 Å². The van der Waals surface area contributed by atoms with Gasteiger partial charge in [0.25, 0.3) is 0 Å². The first-order chi connectivity index (χ1) is 8.90. The maximum atomic E-state index is 4.56. The fourth-order valence-electron chi connectivity index (χ4n) is 2.23. The summed E-state index contributed by atoms with van der Waals surface area (Å²) in [7, 11) is 0. The molecule has 4 heterocycles. The smallest absolute Gasteiger partial charge is 0.178 e. The lowest BCUT2D eigenvalue weighted by atomic mass is 10.2. The van der Waals surface area contributed by atoms with Gasteiger partial charge in [0, 0.05) is 16.8 Å².